The summed E-state index contributed by atoms with van der Waals surface area (Å²) < 4.78 is 152. The Hall–Kier alpha value is -3.52. The van der Waals surface area contributed by atoms with Gasteiger partial charge in [0.15, 0.2) is 0 Å². The van der Waals surface area contributed by atoms with E-state index in [0.29, 0.717) is 11.6 Å². The number of allylic oxidation sites excluding steroid dienone is 1. The topological polar surface area (TPSA) is 47.6 Å². The molecule has 0 heterocycles. The number of hydrogen-bond donors (Lipinski definition) is 1. The first-order chi connectivity index (χ1) is 16.0. The second-order valence-corrected chi connectivity index (χ2v) is 6.63. The Kier molecular flexibility index (Phi) is 7.92. The average Bonchev–Trinajstić information content (AvgIpc) is 2.77. The number of ether oxygens (including phenoxy) is 2. The Balaban J connectivity index is 2.16. The predicted molar refractivity (Wildman–Crippen MR) is 97.5 cm³/mol. The maximum atomic E-state index is 13.7. The SMILES string of the molecule is O=C(Nc1cccc(OC(F)=C(F)C(F)(F)C(F)(F)C(F)(F)C(F)(F)F)c1)OCc1ccccc1. The Bertz CT molecular complexity index is 1070. The molecule has 0 radical (unpaired) electrons. The third-order valence-corrected chi connectivity index (χ3v) is 4.09. The molecule has 35 heavy (non-hydrogen) atoms. The highest BCUT2D eigenvalue weighted by molar-refractivity contribution is 5.84. The van der Waals surface area contributed by atoms with Gasteiger partial charge in [-0.25, -0.2) is 4.79 Å². The van der Waals surface area contributed by atoms with Crippen LogP contribution in [0.2, 0.25) is 0 Å². The van der Waals surface area contributed by atoms with Crippen LogP contribution in [0.15, 0.2) is 66.4 Å². The fourth-order valence-corrected chi connectivity index (χ4v) is 2.30. The Morgan fingerprint density at radius 2 is 1.40 bits per heavy atom. The average molecular weight is 523 g/mol. The van der Waals surface area contributed by atoms with Gasteiger partial charge in [0, 0.05) is 11.8 Å². The van der Waals surface area contributed by atoms with Crippen LogP contribution in [0.4, 0.5) is 58.8 Å². The highest BCUT2D eigenvalue weighted by atomic mass is 19.4. The number of nitrogens with one attached hydrogen (secondary N) is 1. The maximum absolute atomic E-state index is 13.7. The quantitative estimate of drug-likeness (QED) is 0.290. The van der Waals surface area contributed by atoms with Crippen LogP contribution < -0.4 is 10.1 Å². The van der Waals surface area contributed by atoms with Crippen molar-refractivity contribution in [1.29, 1.82) is 0 Å². The number of anilines is 1. The Morgan fingerprint density at radius 1 is 0.800 bits per heavy atom. The molecule has 2 aromatic rings. The van der Waals surface area contributed by atoms with Crippen LogP contribution >= 0.6 is 0 Å². The minimum absolute atomic E-state index is 0.183. The molecule has 0 fully saturated rings. The van der Waals surface area contributed by atoms with Gasteiger partial charge >= 0.3 is 36.1 Å². The number of benzene rings is 2. The van der Waals surface area contributed by atoms with Gasteiger partial charge in [-0.15, -0.1) is 0 Å². The number of amides is 1. The molecule has 0 atom stereocenters. The van der Waals surface area contributed by atoms with Gasteiger partial charge < -0.3 is 9.47 Å². The lowest BCUT2D eigenvalue weighted by Gasteiger charge is -2.32. The first-order valence-electron chi connectivity index (χ1n) is 9.02. The van der Waals surface area contributed by atoms with E-state index in [1.54, 1.807) is 30.3 Å². The standard InChI is InChI=1S/C20H12F11NO3/c21-14(17(23,24)18(25,26)19(27,28)20(29,30)31)15(22)35-13-8-4-7-12(9-13)32-16(33)34-10-11-5-2-1-3-6-11/h1-9H,10H2,(H,32,33). The van der Waals surface area contributed by atoms with E-state index in [9.17, 15) is 53.1 Å². The van der Waals surface area contributed by atoms with Crippen molar-refractivity contribution in [3.8, 4) is 5.75 Å². The van der Waals surface area contributed by atoms with Crippen LogP contribution in [0.1, 0.15) is 5.56 Å². The zero-order chi connectivity index (χ0) is 26.7. The Morgan fingerprint density at radius 3 is 1.97 bits per heavy atom. The van der Waals surface area contributed by atoms with E-state index in [1.807, 2.05) is 0 Å². The summed E-state index contributed by atoms with van der Waals surface area (Å²) in [6.45, 7) is -0.183. The van der Waals surface area contributed by atoms with E-state index in [-0.39, 0.29) is 12.3 Å². The van der Waals surface area contributed by atoms with E-state index in [4.69, 9.17) is 4.74 Å². The molecule has 2 aromatic carbocycles. The third kappa shape index (κ3) is 5.95. The highest BCUT2D eigenvalue weighted by Crippen LogP contribution is 2.55. The van der Waals surface area contributed by atoms with E-state index in [1.165, 1.54) is 0 Å². The van der Waals surface area contributed by atoms with E-state index < -0.39 is 47.6 Å². The number of hydrogen-bond acceptors (Lipinski definition) is 3. The third-order valence-electron chi connectivity index (χ3n) is 4.09. The molecule has 0 spiro atoms. The first-order valence-corrected chi connectivity index (χ1v) is 9.02. The molecular weight excluding hydrogens is 511 g/mol. The zero-order valence-corrected chi connectivity index (χ0v) is 16.8. The van der Waals surface area contributed by atoms with Gasteiger partial charge in [0.2, 0.25) is 5.83 Å². The normalized spacial score (nSPS) is 13.7. The van der Waals surface area contributed by atoms with Crippen molar-refractivity contribution < 1.29 is 62.6 Å². The molecule has 4 nitrogen and oxygen atoms in total. The molecule has 0 aromatic heterocycles. The summed E-state index contributed by atoms with van der Waals surface area (Å²) in [6, 6.07) is 8.49. The minimum Gasteiger partial charge on any atom is -0.444 e. The van der Waals surface area contributed by atoms with Crippen molar-refractivity contribution in [2.45, 2.75) is 30.6 Å². The molecule has 0 aliphatic rings. The van der Waals surface area contributed by atoms with Crippen molar-refractivity contribution >= 4 is 11.8 Å². The van der Waals surface area contributed by atoms with Crippen molar-refractivity contribution in [2.24, 2.45) is 0 Å². The van der Waals surface area contributed by atoms with Gasteiger partial charge in [0.1, 0.15) is 12.4 Å². The predicted octanol–water partition coefficient (Wildman–Crippen LogP) is 7.39. The van der Waals surface area contributed by atoms with E-state index in [2.05, 4.69) is 10.1 Å². The number of carbonyl (C=O) groups excluding carboxylic acids is 1. The molecule has 0 aliphatic heterocycles. The lowest BCUT2D eigenvalue weighted by Crippen LogP contribution is -2.61. The summed E-state index contributed by atoms with van der Waals surface area (Å²) in [6.07, 6.45) is -8.29. The first kappa shape index (κ1) is 27.7. The van der Waals surface area contributed by atoms with Gasteiger partial charge in [0.25, 0.3) is 0 Å². The van der Waals surface area contributed by atoms with Crippen LogP contribution in [0.25, 0.3) is 0 Å². The molecule has 0 saturated heterocycles. The summed E-state index contributed by atoms with van der Waals surface area (Å²) in [5, 5.41) is 2.08. The second kappa shape index (κ2) is 10.00. The fourth-order valence-electron chi connectivity index (χ4n) is 2.30. The number of alkyl halides is 9. The summed E-state index contributed by atoms with van der Waals surface area (Å²) >= 11 is 0. The van der Waals surface area contributed by atoms with Crippen LogP contribution in [-0.4, -0.2) is 30.0 Å². The lowest BCUT2D eigenvalue weighted by atomic mass is 10.0. The van der Waals surface area contributed by atoms with E-state index in [0.717, 1.165) is 18.2 Å². The molecule has 192 valence electrons. The van der Waals surface area contributed by atoms with Crippen LogP contribution in [0.3, 0.4) is 0 Å². The molecule has 0 aliphatic carbocycles. The summed E-state index contributed by atoms with van der Waals surface area (Å²) in [5.41, 5.74) is 0.325. The van der Waals surface area contributed by atoms with Gasteiger partial charge in [-0.2, -0.15) is 48.3 Å². The molecule has 0 unspecified atom stereocenters. The smallest absolute Gasteiger partial charge is 0.444 e. The molecule has 2 rings (SSSR count). The van der Waals surface area contributed by atoms with E-state index >= 15 is 0 Å². The van der Waals surface area contributed by atoms with Crippen molar-refractivity contribution in [1.82, 2.24) is 0 Å². The van der Waals surface area contributed by atoms with Gasteiger partial charge in [-0.05, 0) is 17.7 Å². The van der Waals surface area contributed by atoms with Crippen LogP contribution in [0, 0.1) is 0 Å². The number of rotatable bonds is 8. The monoisotopic (exact) mass is 523 g/mol. The molecule has 15 heteroatoms. The molecule has 0 bridgehead atoms. The van der Waals surface area contributed by atoms with Crippen molar-refractivity contribution in [2.75, 3.05) is 5.32 Å². The molecular formula is C20H12F11NO3. The van der Waals surface area contributed by atoms with Gasteiger partial charge in [0.05, 0.1) is 0 Å². The van der Waals surface area contributed by atoms with Crippen LogP contribution in [-0.2, 0) is 11.3 Å². The highest BCUT2D eigenvalue weighted by Gasteiger charge is 2.83. The number of carbonyl (C=O) groups is 1. The molecule has 1 N–H and O–H groups in total. The van der Waals surface area contributed by atoms with Crippen LogP contribution in [0.5, 0.6) is 5.75 Å². The summed E-state index contributed by atoms with van der Waals surface area (Å²) in [5.74, 6) is -26.8. The summed E-state index contributed by atoms with van der Waals surface area (Å²) in [7, 11) is 0. The molecule has 0 saturated carbocycles. The molecule has 1 amide bonds. The summed E-state index contributed by atoms with van der Waals surface area (Å²) in [4.78, 5) is 11.8. The number of halogens is 11. The lowest BCUT2D eigenvalue weighted by molar-refractivity contribution is -0.392. The largest absolute Gasteiger partial charge is 0.460 e. The Labute approximate surface area is 188 Å². The van der Waals surface area contributed by atoms with Gasteiger partial charge in [-0.3, -0.25) is 5.32 Å². The second-order valence-electron chi connectivity index (χ2n) is 6.63. The van der Waals surface area contributed by atoms with Crippen molar-refractivity contribution in [3.05, 3.63) is 72.0 Å². The maximum Gasteiger partial charge on any atom is 0.460 e. The fraction of sp³-hybridized carbons (Fsp3) is 0.250. The van der Waals surface area contributed by atoms with Gasteiger partial charge in [-0.1, -0.05) is 36.4 Å². The minimum atomic E-state index is -7.43. The zero-order valence-electron chi connectivity index (χ0n) is 16.8. The van der Waals surface area contributed by atoms with Crippen molar-refractivity contribution in [3.63, 3.8) is 0 Å².